The van der Waals surface area contributed by atoms with Crippen molar-refractivity contribution in [2.24, 2.45) is 7.05 Å². The molecule has 1 heterocycles. The van der Waals surface area contributed by atoms with Crippen LogP contribution in [0.5, 0.6) is 0 Å². The predicted octanol–water partition coefficient (Wildman–Crippen LogP) is 1.74. The number of nitrogen functional groups attached to an aromatic ring is 1. The molecule has 0 aliphatic carbocycles. The Balaban J connectivity index is 2.38. The molecule has 1 aromatic carbocycles. The van der Waals surface area contributed by atoms with Crippen LogP contribution >= 0.6 is 23.2 Å². The molecule has 0 radical (unpaired) electrons. The van der Waals surface area contributed by atoms with Gasteiger partial charge in [-0.3, -0.25) is 0 Å². The first-order chi connectivity index (χ1) is 9.72. The van der Waals surface area contributed by atoms with Crippen LogP contribution in [0, 0.1) is 0 Å². The van der Waals surface area contributed by atoms with Crippen molar-refractivity contribution >= 4 is 38.9 Å². The molecule has 2 aromatic rings. The quantitative estimate of drug-likeness (QED) is 0.818. The Morgan fingerprint density at radius 1 is 1.38 bits per heavy atom. The van der Waals surface area contributed by atoms with Gasteiger partial charge in [-0.15, -0.1) is 10.2 Å². The third kappa shape index (κ3) is 3.29. The van der Waals surface area contributed by atoms with Crippen LogP contribution in [0.15, 0.2) is 23.4 Å². The molecule has 2 rings (SSSR count). The highest BCUT2D eigenvalue weighted by Crippen LogP contribution is 2.31. The lowest BCUT2D eigenvalue weighted by atomic mass is 10.3. The summed E-state index contributed by atoms with van der Waals surface area (Å²) in [5.74, 6) is 0.460. The number of halogens is 2. The Hall–Kier alpha value is -1.35. The van der Waals surface area contributed by atoms with E-state index in [1.807, 2.05) is 0 Å². The zero-order chi connectivity index (χ0) is 15.8. The van der Waals surface area contributed by atoms with Gasteiger partial charge >= 0.3 is 0 Å². The van der Waals surface area contributed by atoms with Crippen molar-refractivity contribution < 1.29 is 8.42 Å². The molecule has 0 amide bonds. The Labute approximate surface area is 132 Å². The van der Waals surface area contributed by atoms with Crippen molar-refractivity contribution in [1.82, 2.24) is 19.5 Å². The highest BCUT2D eigenvalue weighted by molar-refractivity contribution is 7.89. The van der Waals surface area contributed by atoms with E-state index in [1.165, 1.54) is 18.5 Å². The zero-order valence-corrected chi connectivity index (χ0v) is 13.5. The SMILES string of the molecule is CC(NS(=O)(=O)c1c(N)cc(Cl)cc1Cl)c1nncn1C. The molecule has 0 saturated carbocycles. The molecule has 0 spiro atoms. The molecule has 0 aliphatic rings. The number of benzene rings is 1. The van der Waals surface area contributed by atoms with Crippen molar-refractivity contribution in [1.29, 1.82) is 0 Å². The Morgan fingerprint density at radius 3 is 2.57 bits per heavy atom. The molecule has 1 unspecified atom stereocenters. The molecule has 0 fully saturated rings. The number of hydrogen-bond donors (Lipinski definition) is 2. The van der Waals surface area contributed by atoms with Gasteiger partial charge in [-0.25, -0.2) is 13.1 Å². The molecule has 0 bridgehead atoms. The first-order valence-electron chi connectivity index (χ1n) is 5.83. The van der Waals surface area contributed by atoms with E-state index in [0.29, 0.717) is 5.82 Å². The normalized spacial score (nSPS) is 13.3. The fourth-order valence-corrected chi connectivity index (χ4v) is 4.08. The summed E-state index contributed by atoms with van der Waals surface area (Å²) in [4.78, 5) is -0.206. The van der Waals surface area contributed by atoms with Gasteiger partial charge in [-0.2, -0.15) is 0 Å². The van der Waals surface area contributed by atoms with Crippen LogP contribution in [-0.2, 0) is 17.1 Å². The first-order valence-corrected chi connectivity index (χ1v) is 8.07. The maximum Gasteiger partial charge on any atom is 0.244 e. The van der Waals surface area contributed by atoms with Crippen LogP contribution in [0.25, 0.3) is 0 Å². The molecule has 114 valence electrons. The summed E-state index contributed by atoms with van der Waals surface area (Å²) in [6.07, 6.45) is 1.48. The molecule has 1 atom stereocenters. The van der Waals surface area contributed by atoms with Crippen LogP contribution in [0.1, 0.15) is 18.8 Å². The fourth-order valence-electron chi connectivity index (χ4n) is 1.89. The van der Waals surface area contributed by atoms with Crippen LogP contribution in [0.4, 0.5) is 5.69 Å². The second-order valence-electron chi connectivity index (χ2n) is 4.45. The number of nitrogens with two attached hydrogens (primary N) is 1. The molecule has 0 aliphatic heterocycles. The minimum absolute atomic E-state index is 0.0230. The van der Waals surface area contributed by atoms with E-state index < -0.39 is 16.1 Å². The molecule has 1 aromatic heterocycles. The van der Waals surface area contributed by atoms with Gasteiger partial charge < -0.3 is 10.3 Å². The molecule has 0 saturated heterocycles. The second kappa shape index (κ2) is 5.80. The van der Waals surface area contributed by atoms with Crippen molar-refractivity contribution in [2.45, 2.75) is 17.9 Å². The van der Waals surface area contributed by atoms with E-state index in [4.69, 9.17) is 28.9 Å². The number of aryl methyl sites for hydroxylation is 1. The van der Waals surface area contributed by atoms with E-state index in [1.54, 1.807) is 18.5 Å². The molecular weight excluding hydrogens is 337 g/mol. The first kappa shape index (κ1) is 16.0. The number of sulfonamides is 1. The lowest BCUT2D eigenvalue weighted by Crippen LogP contribution is -2.29. The Bertz CT molecular complexity index is 752. The van der Waals surface area contributed by atoms with Gasteiger partial charge in [0.15, 0.2) is 0 Å². The third-order valence-corrected chi connectivity index (χ3v) is 5.06. The summed E-state index contributed by atoms with van der Waals surface area (Å²) in [6.45, 7) is 1.64. The number of aromatic nitrogens is 3. The lowest BCUT2D eigenvalue weighted by molar-refractivity contribution is 0.553. The number of nitrogens with one attached hydrogen (secondary N) is 1. The molecule has 21 heavy (non-hydrogen) atoms. The number of nitrogens with zero attached hydrogens (tertiary/aromatic N) is 3. The summed E-state index contributed by atoms with van der Waals surface area (Å²) in [7, 11) is -2.22. The van der Waals surface area contributed by atoms with Gasteiger partial charge in [-0.1, -0.05) is 23.2 Å². The number of anilines is 1. The van der Waals surface area contributed by atoms with Crippen LogP contribution in [-0.4, -0.2) is 23.2 Å². The monoisotopic (exact) mass is 349 g/mol. The highest BCUT2D eigenvalue weighted by Gasteiger charge is 2.26. The highest BCUT2D eigenvalue weighted by atomic mass is 35.5. The van der Waals surface area contributed by atoms with Crippen LogP contribution in [0.2, 0.25) is 10.0 Å². The summed E-state index contributed by atoms with van der Waals surface area (Å²) in [5, 5.41) is 7.77. The average Bonchev–Trinajstić information content (AvgIpc) is 2.72. The summed E-state index contributed by atoms with van der Waals surface area (Å²) in [5.41, 5.74) is 5.69. The lowest BCUT2D eigenvalue weighted by Gasteiger charge is -2.15. The molecule has 7 nitrogen and oxygen atoms in total. The van der Waals surface area contributed by atoms with Gasteiger partial charge in [0.1, 0.15) is 17.0 Å². The minimum Gasteiger partial charge on any atom is -0.398 e. The molecular formula is C11H13Cl2N5O2S. The van der Waals surface area contributed by atoms with Crippen molar-refractivity contribution in [3.8, 4) is 0 Å². The van der Waals surface area contributed by atoms with E-state index in [9.17, 15) is 8.42 Å². The largest absolute Gasteiger partial charge is 0.398 e. The minimum atomic E-state index is -3.93. The molecule has 3 N–H and O–H groups in total. The van der Waals surface area contributed by atoms with Gasteiger partial charge in [0.05, 0.1) is 16.8 Å². The average molecular weight is 350 g/mol. The second-order valence-corrected chi connectivity index (χ2v) is 6.94. The Kier molecular flexibility index (Phi) is 4.43. The van der Waals surface area contributed by atoms with Gasteiger partial charge in [0.2, 0.25) is 10.0 Å². The summed E-state index contributed by atoms with van der Waals surface area (Å²) >= 11 is 11.7. The molecule has 10 heteroatoms. The maximum absolute atomic E-state index is 12.4. The number of hydrogen-bond acceptors (Lipinski definition) is 5. The zero-order valence-electron chi connectivity index (χ0n) is 11.2. The van der Waals surface area contributed by atoms with E-state index in [0.717, 1.165) is 0 Å². The van der Waals surface area contributed by atoms with Crippen molar-refractivity contribution in [3.05, 3.63) is 34.3 Å². The Morgan fingerprint density at radius 2 is 2.05 bits per heavy atom. The smallest absolute Gasteiger partial charge is 0.244 e. The topological polar surface area (TPSA) is 103 Å². The third-order valence-electron chi connectivity index (χ3n) is 2.77. The van der Waals surface area contributed by atoms with Crippen LogP contribution < -0.4 is 10.5 Å². The van der Waals surface area contributed by atoms with Crippen LogP contribution in [0.3, 0.4) is 0 Å². The van der Waals surface area contributed by atoms with Crippen molar-refractivity contribution in [3.63, 3.8) is 0 Å². The van der Waals surface area contributed by atoms with E-state index in [2.05, 4.69) is 14.9 Å². The van der Waals surface area contributed by atoms with Gasteiger partial charge in [-0.05, 0) is 19.1 Å². The van der Waals surface area contributed by atoms with Crippen molar-refractivity contribution in [2.75, 3.05) is 5.73 Å². The van der Waals surface area contributed by atoms with E-state index >= 15 is 0 Å². The van der Waals surface area contributed by atoms with Gasteiger partial charge in [0, 0.05) is 12.1 Å². The van der Waals surface area contributed by atoms with Gasteiger partial charge in [0.25, 0.3) is 0 Å². The predicted molar refractivity (Wildman–Crippen MR) is 80.6 cm³/mol. The summed E-state index contributed by atoms with van der Waals surface area (Å²) < 4.78 is 28.9. The van der Waals surface area contributed by atoms with E-state index in [-0.39, 0.29) is 20.6 Å². The summed E-state index contributed by atoms with van der Waals surface area (Å²) in [6, 6.07) is 2.05. The standard InChI is InChI=1S/C11H13Cl2N5O2S/c1-6(11-16-15-5-18(11)2)17-21(19,20)10-8(13)3-7(12)4-9(10)14/h3-6,17H,14H2,1-2H3. The maximum atomic E-state index is 12.4. The fraction of sp³-hybridized carbons (Fsp3) is 0.273. The number of rotatable bonds is 4.